The highest BCUT2D eigenvalue weighted by Crippen LogP contribution is 2.56. The van der Waals surface area contributed by atoms with Gasteiger partial charge in [0.1, 0.15) is 0 Å². The normalized spacial score (nSPS) is 21.2. The van der Waals surface area contributed by atoms with Gasteiger partial charge in [0.2, 0.25) is 0 Å². The highest BCUT2D eigenvalue weighted by molar-refractivity contribution is 4.96. The number of hydrogen-bond donors (Lipinski definition) is 0. The first-order valence-corrected chi connectivity index (χ1v) is 25.6. The zero-order valence-electron chi connectivity index (χ0n) is 46.2. The van der Waals surface area contributed by atoms with E-state index in [0.717, 1.165) is 71.0 Å². The minimum absolute atomic E-state index is 0. The van der Waals surface area contributed by atoms with Crippen LogP contribution in [0.3, 0.4) is 0 Å². The quantitative estimate of drug-likeness (QED) is 0.250. The van der Waals surface area contributed by atoms with E-state index in [1.165, 1.54) is 70.6 Å². The van der Waals surface area contributed by atoms with Gasteiger partial charge in [0, 0.05) is 0 Å². The summed E-state index contributed by atoms with van der Waals surface area (Å²) >= 11 is 0. The molecule has 0 radical (unpaired) electrons. The molecule has 5 aliphatic rings. The topological polar surface area (TPSA) is 0 Å². The molecule has 5 rings (SSSR count). The fraction of sp³-hybridized carbons (Fsp3) is 1.00. The maximum absolute atomic E-state index is 2.42. The largest absolute Gasteiger partial charge is 0.0776 e. The first-order valence-electron chi connectivity index (χ1n) is 25.6. The maximum Gasteiger partial charge on any atom is -0.0309 e. The van der Waals surface area contributed by atoms with E-state index in [2.05, 4.69) is 194 Å². The molecule has 0 heteroatoms. The van der Waals surface area contributed by atoms with Gasteiger partial charge in [0.15, 0.2) is 0 Å². The molecular formula is C59H122. The van der Waals surface area contributed by atoms with Gasteiger partial charge in [0.05, 0.1) is 0 Å². The molecule has 358 valence electrons. The van der Waals surface area contributed by atoms with Crippen molar-refractivity contribution in [1.82, 2.24) is 0 Å². The summed E-state index contributed by atoms with van der Waals surface area (Å²) in [6.07, 6.45) is 16.5. The van der Waals surface area contributed by atoms with E-state index >= 15 is 0 Å². The molecule has 5 aliphatic carbocycles. The van der Waals surface area contributed by atoms with Crippen LogP contribution in [0.5, 0.6) is 0 Å². The molecule has 0 aromatic heterocycles. The molecule has 0 bridgehead atoms. The van der Waals surface area contributed by atoms with Gasteiger partial charge in [-0.25, -0.2) is 0 Å². The van der Waals surface area contributed by atoms with Gasteiger partial charge < -0.3 is 0 Å². The predicted octanol–water partition coefficient (Wildman–Crippen LogP) is 20.8. The Morgan fingerprint density at radius 2 is 0.525 bits per heavy atom. The predicted molar refractivity (Wildman–Crippen MR) is 275 cm³/mol. The minimum atomic E-state index is 0. The Hall–Kier alpha value is 0. The lowest BCUT2D eigenvalue weighted by molar-refractivity contribution is 0.113. The second kappa shape index (κ2) is 23.8. The molecule has 0 aromatic carbocycles. The van der Waals surface area contributed by atoms with Gasteiger partial charge in [-0.3, -0.25) is 0 Å². The van der Waals surface area contributed by atoms with Crippen LogP contribution in [-0.4, -0.2) is 0 Å². The molecule has 0 aliphatic heterocycles. The van der Waals surface area contributed by atoms with Crippen LogP contribution < -0.4 is 0 Å². The summed E-state index contributed by atoms with van der Waals surface area (Å²) in [5, 5.41) is 0. The van der Waals surface area contributed by atoms with Gasteiger partial charge in [-0.2, -0.15) is 0 Å². The summed E-state index contributed by atoms with van der Waals surface area (Å²) in [4.78, 5) is 0. The summed E-state index contributed by atoms with van der Waals surface area (Å²) in [5.41, 5.74) is 3.57. The lowest BCUT2D eigenvalue weighted by atomic mass is 9.66. The van der Waals surface area contributed by atoms with Crippen LogP contribution in [0, 0.1) is 109 Å². The third-order valence-electron chi connectivity index (χ3n) is 16.8. The van der Waals surface area contributed by atoms with Crippen molar-refractivity contribution in [2.75, 3.05) is 0 Å². The first kappa shape index (κ1) is 61.1. The van der Waals surface area contributed by atoms with Gasteiger partial charge in [-0.15, -0.1) is 0 Å². The minimum Gasteiger partial charge on any atom is -0.0776 e. The molecule has 0 N–H and O–H groups in total. The Labute approximate surface area is 379 Å². The van der Waals surface area contributed by atoms with Gasteiger partial charge in [-0.05, 0) is 160 Å². The van der Waals surface area contributed by atoms with Gasteiger partial charge in [0.25, 0.3) is 0 Å². The van der Waals surface area contributed by atoms with Crippen molar-refractivity contribution < 1.29 is 0 Å². The molecule has 0 heterocycles. The summed E-state index contributed by atoms with van der Waals surface area (Å²) < 4.78 is 0. The highest BCUT2D eigenvalue weighted by Gasteiger charge is 2.47. The smallest absolute Gasteiger partial charge is 0.0309 e. The third-order valence-corrected chi connectivity index (χ3v) is 16.8. The molecule has 4 atom stereocenters. The monoisotopic (exact) mass is 831 g/mol. The average molecular weight is 832 g/mol. The molecule has 59 heavy (non-hydrogen) atoms. The van der Waals surface area contributed by atoms with Crippen LogP contribution in [0.1, 0.15) is 272 Å². The van der Waals surface area contributed by atoms with Crippen molar-refractivity contribution >= 4 is 0 Å². The van der Waals surface area contributed by atoms with E-state index in [9.17, 15) is 0 Å². The summed E-state index contributed by atoms with van der Waals surface area (Å²) in [7, 11) is 0. The highest BCUT2D eigenvalue weighted by atomic mass is 14.5. The van der Waals surface area contributed by atoms with E-state index in [1.807, 2.05) is 0 Å². The van der Waals surface area contributed by atoms with Crippen molar-refractivity contribution in [2.24, 2.45) is 109 Å². The molecule has 0 saturated heterocycles. The molecule has 5 saturated carbocycles. The SMILES string of the molecule is C.CC(C(C)(C)C)C(C)(C)C.CC(C)(C)C(C1CC1)C1CC1.CC(C)C(C)C(C)(C)C.CC(C1CC1)C(C)(C)C.CC(C1CC1)C(C)(C)C.CC(C1CCC1)C(C)(C)C. The zero-order valence-corrected chi connectivity index (χ0v) is 46.2. The van der Waals surface area contributed by atoms with E-state index in [1.54, 1.807) is 0 Å². The number of rotatable bonds is 6. The van der Waals surface area contributed by atoms with Gasteiger partial charge in [-0.1, -0.05) is 221 Å². The van der Waals surface area contributed by atoms with Crippen molar-refractivity contribution in [3.05, 3.63) is 0 Å². The fourth-order valence-corrected chi connectivity index (χ4v) is 9.26. The molecule has 0 nitrogen and oxygen atoms in total. The Balaban J connectivity index is 0. The molecular weight excluding hydrogens is 709 g/mol. The van der Waals surface area contributed by atoms with Gasteiger partial charge >= 0.3 is 0 Å². The maximum atomic E-state index is 2.42. The van der Waals surface area contributed by atoms with E-state index < -0.39 is 0 Å². The Morgan fingerprint density at radius 3 is 0.593 bits per heavy atom. The van der Waals surface area contributed by atoms with E-state index in [-0.39, 0.29) is 7.43 Å². The van der Waals surface area contributed by atoms with Crippen molar-refractivity contribution in [3.8, 4) is 0 Å². The zero-order chi connectivity index (χ0) is 46.2. The third kappa shape index (κ3) is 25.8. The van der Waals surface area contributed by atoms with Crippen LogP contribution in [0.4, 0.5) is 0 Å². The lowest BCUT2D eigenvalue weighted by Crippen LogP contribution is -2.29. The molecule has 4 unspecified atom stereocenters. The Bertz CT molecular complexity index is 985. The Kier molecular flexibility index (Phi) is 24.6. The average Bonchev–Trinajstić information content (AvgIpc) is 3.83. The van der Waals surface area contributed by atoms with Crippen molar-refractivity contribution in [3.63, 3.8) is 0 Å². The summed E-state index contributed by atoms with van der Waals surface area (Å²) in [6.45, 7) is 65.6. The second-order valence-electron chi connectivity index (χ2n) is 29.2. The molecule has 5 fully saturated rings. The molecule has 0 amide bonds. The fourth-order valence-electron chi connectivity index (χ4n) is 9.26. The van der Waals surface area contributed by atoms with Crippen molar-refractivity contribution in [2.45, 2.75) is 272 Å². The first-order chi connectivity index (χ1) is 25.6. The summed E-state index contributed by atoms with van der Waals surface area (Å²) in [5.74, 6) is 11.6. The standard InChI is InChI=1S/C11H20.C10H20.C10H22.2C9H18.C9H20.CH4/c1-11(2,3)10(8-4-5-8)9-6-7-9;1-8(10(2,3)4)9-6-5-7-9;1-8(9(2,3)4)10(5,6)7;2*1-7(8-5-6-8)9(2,3)4;1-7(2)8(3)9(4,5)6;/h8-10H,4-7H2,1-3H3;8-9H,5-7H2,1-4H3;8H,1-7H3;2*7-8H,5-6H2,1-4H3;7-8H,1-6H3;1H4. The summed E-state index contributed by atoms with van der Waals surface area (Å²) in [6, 6.07) is 0. The van der Waals surface area contributed by atoms with Crippen LogP contribution >= 0.6 is 0 Å². The van der Waals surface area contributed by atoms with E-state index in [4.69, 9.17) is 0 Å². The molecule has 0 aromatic rings. The molecule has 0 spiro atoms. The lowest BCUT2D eigenvalue weighted by Gasteiger charge is -2.39. The van der Waals surface area contributed by atoms with Crippen LogP contribution in [-0.2, 0) is 0 Å². The van der Waals surface area contributed by atoms with Crippen LogP contribution in [0.15, 0.2) is 0 Å². The van der Waals surface area contributed by atoms with Crippen LogP contribution in [0.2, 0.25) is 0 Å². The Morgan fingerprint density at radius 1 is 0.288 bits per heavy atom. The number of hydrogen-bond acceptors (Lipinski definition) is 0. The van der Waals surface area contributed by atoms with E-state index in [0.29, 0.717) is 37.9 Å². The van der Waals surface area contributed by atoms with Crippen LogP contribution in [0.25, 0.3) is 0 Å². The second-order valence-corrected chi connectivity index (χ2v) is 29.2. The van der Waals surface area contributed by atoms with Crippen molar-refractivity contribution in [1.29, 1.82) is 0 Å².